The second kappa shape index (κ2) is 7.04. The van der Waals surface area contributed by atoms with E-state index in [-0.39, 0.29) is 17.9 Å². The highest BCUT2D eigenvalue weighted by atomic mass is 35.5. The van der Waals surface area contributed by atoms with Crippen LogP contribution in [0.3, 0.4) is 0 Å². The molecule has 1 aromatic heterocycles. The predicted molar refractivity (Wildman–Crippen MR) is 103 cm³/mol. The SMILES string of the molecule is Cc1ccoc1C(=O)NC1CCN(C(=O)C2(c3cccc(Cl)c3)CC2)CC1. The summed E-state index contributed by atoms with van der Waals surface area (Å²) in [5.74, 6) is 0.377. The van der Waals surface area contributed by atoms with Crippen LogP contribution in [0.15, 0.2) is 41.0 Å². The van der Waals surface area contributed by atoms with Crippen molar-refractivity contribution in [1.82, 2.24) is 10.2 Å². The molecule has 1 aliphatic heterocycles. The number of hydrogen-bond acceptors (Lipinski definition) is 3. The van der Waals surface area contributed by atoms with Gasteiger partial charge in [-0.15, -0.1) is 0 Å². The predicted octanol–water partition coefficient (Wildman–Crippen LogP) is 3.69. The van der Waals surface area contributed by atoms with Crippen LogP contribution in [0, 0.1) is 6.92 Å². The van der Waals surface area contributed by atoms with Gasteiger partial charge in [0.25, 0.3) is 5.91 Å². The molecule has 5 nitrogen and oxygen atoms in total. The average Bonchev–Trinajstić information content (AvgIpc) is 3.37. The maximum Gasteiger partial charge on any atom is 0.287 e. The topological polar surface area (TPSA) is 62.6 Å². The van der Waals surface area contributed by atoms with Crippen molar-refractivity contribution in [3.63, 3.8) is 0 Å². The van der Waals surface area contributed by atoms with E-state index in [1.54, 1.807) is 6.07 Å². The van der Waals surface area contributed by atoms with Gasteiger partial charge in [0, 0.05) is 29.7 Å². The molecule has 4 rings (SSSR count). The molecule has 1 N–H and O–H groups in total. The number of nitrogens with one attached hydrogen (secondary N) is 1. The fourth-order valence-electron chi connectivity index (χ4n) is 3.92. The smallest absolute Gasteiger partial charge is 0.287 e. The van der Waals surface area contributed by atoms with Gasteiger partial charge in [-0.2, -0.15) is 0 Å². The second-order valence-corrected chi connectivity index (χ2v) is 8.00. The number of nitrogens with zero attached hydrogens (tertiary/aromatic N) is 1. The minimum Gasteiger partial charge on any atom is -0.459 e. The number of carbonyl (C=O) groups is 2. The number of hydrogen-bond donors (Lipinski definition) is 1. The summed E-state index contributed by atoms with van der Waals surface area (Å²) in [4.78, 5) is 27.4. The number of aryl methyl sites for hydroxylation is 1. The number of likely N-dealkylation sites (tertiary alicyclic amines) is 1. The Morgan fingerprint density at radius 1 is 1.22 bits per heavy atom. The molecule has 142 valence electrons. The number of amides is 2. The summed E-state index contributed by atoms with van der Waals surface area (Å²) in [7, 11) is 0. The highest BCUT2D eigenvalue weighted by molar-refractivity contribution is 6.30. The highest BCUT2D eigenvalue weighted by Gasteiger charge is 2.53. The Morgan fingerprint density at radius 2 is 1.96 bits per heavy atom. The van der Waals surface area contributed by atoms with Gasteiger partial charge in [0.1, 0.15) is 0 Å². The van der Waals surface area contributed by atoms with Crippen molar-refractivity contribution in [3.8, 4) is 0 Å². The first-order valence-corrected chi connectivity index (χ1v) is 9.78. The van der Waals surface area contributed by atoms with Crippen LogP contribution in [0.2, 0.25) is 5.02 Å². The van der Waals surface area contributed by atoms with Crippen LogP contribution in [-0.4, -0.2) is 35.8 Å². The highest BCUT2D eigenvalue weighted by Crippen LogP contribution is 2.50. The lowest BCUT2D eigenvalue weighted by Crippen LogP contribution is -2.49. The number of furan rings is 1. The van der Waals surface area contributed by atoms with Gasteiger partial charge in [-0.05, 0) is 56.4 Å². The Hall–Kier alpha value is -2.27. The Morgan fingerprint density at radius 3 is 2.56 bits per heavy atom. The Bertz CT molecular complexity index is 864. The monoisotopic (exact) mass is 386 g/mol. The summed E-state index contributed by atoms with van der Waals surface area (Å²) in [5, 5.41) is 3.69. The molecule has 2 amide bonds. The molecule has 6 heteroatoms. The van der Waals surface area contributed by atoms with Crippen molar-refractivity contribution >= 4 is 23.4 Å². The van der Waals surface area contributed by atoms with Crippen LogP contribution < -0.4 is 5.32 Å². The van der Waals surface area contributed by atoms with E-state index in [4.69, 9.17) is 16.0 Å². The fourth-order valence-corrected chi connectivity index (χ4v) is 4.11. The van der Waals surface area contributed by atoms with E-state index in [0.717, 1.165) is 36.8 Å². The summed E-state index contributed by atoms with van der Waals surface area (Å²) in [6, 6.07) is 9.48. The first kappa shape index (κ1) is 18.1. The standard InChI is InChI=1S/C21H23ClN2O3/c1-14-7-12-27-18(14)19(25)23-17-5-10-24(11-6-17)20(26)21(8-9-21)15-3-2-4-16(22)13-15/h2-4,7,12-13,17H,5-6,8-11H2,1H3,(H,23,25). The molecule has 0 bridgehead atoms. The summed E-state index contributed by atoms with van der Waals surface area (Å²) in [6.07, 6.45) is 4.78. The zero-order valence-electron chi connectivity index (χ0n) is 15.3. The quantitative estimate of drug-likeness (QED) is 0.871. The largest absolute Gasteiger partial charge is 0.459 e. The number of rotatable bonds is 4. The summed E-state index contributed by atoms with van der Waals surface area (Å²) < 4.78 is 5.25. The molecule has 2 fully saturated rings. The lowest BCUT2D eigenvalue weighted by Gasteiger charge is -2.34. The van der Waals surface area contributed by atoms with E-state index in [9.17, 15) is 9.59 Å². The van der Waals surface area contributed by atoms with E-state index in [2.05, 4.69) is 5.32 Å². The van der Waals surface area contributed by atoms with Crippen molar-refractivity contribution < 1.29 is 14.0 Å². The summed E-state index contributed by atoms with van der Waals surface area (Å²) >= 11 is 6.12. The molecule has 2 aromatic rings. The minimum absolute atomic E-state index is 0.0624. The van der Waals surface area contributed by atoms with Crippen molar-refractivity contribution in [1.29, 1.82) is 0 Å². The number of benzene rings is 1. The normalized spacial score (nSPS) is 19.0. The van der Waals surface area contributed by atoms with Gasteiger partial charge in [-0.1, -0.05) is 23.7 Å². The van der Waals surface area contributed by atoms with Crippen LogP contribution in [0.4, 0.5) is 0 Å². The van der Waals surface area contributed by atoms with E-state index >= 15 is 0 Å². The molecule has 1 saturated heterocycles. The number of piperidine rings is 1. The third kappa shape index (κ3) is 3.48. The molecular formula is C21H23ClN2O3. The van der Waals surface area contributed by atoms with Gasteiger partial charge in [0.2, 0.25) is 5.91 Å². The molecule has 2 aliphatic rings. The average molecular weight is 387 g/mol. The lowest BCUT2D eigenvalue weighted by molar-refractivity contribution is -0.135. The van der Waals surface area contributed by atoms with Crippen LogP contribution in [0.1, 0.15) is 47.4 Å². The van der Waals surface area contributed by atoms with Gasteiger partial charge < -0.3 is 14.6 Å². The molecule has 0 unspecified atom stereocenters. The minimum atomic E-state index is -0.397. The van der Waals surface area contributed by atoms with Crippen molar-refractivity contribution in [2.45, 2.75) is 44.1 Å². The molecular weight excluding hydrogens is 364 g/mol. The summed E-state index contributed by atoms with van der Waals surface area (Å²) in [6.45, 7) is 3.16. The molecule has 0 atom stereocenters. The first-order valence-electron chi connectivity index (χ1n) is 9.40. The third-order valence-electron chi connectivity index (χ3n) is 5.72. The van der Waals surface area contributed by atoms with Gasteiger partial charge in [0.05, 0.1) is 11.7 Å². The molecule has 1 aromatic carbocycles. The molecule has 27 heavy (non-hydrogen) atoms. The summed E-state index contributed by atoms with van der Waals surface area (Å²) in [5.41, 5.74) is 1.45. The zero-order valence-corrected chi connectivity index (χ0v) is 16.1. The molecule has 0 radical (unpaired) electrons. The zero-order chi connectivity index (χ0) is 19.0. The first-order chi connectivity index (χ1) is 13.0. The van der Waals surface area contributed by atoms with Gasteiger partial charge in [-0.25, -0.2) is 0 Å². The third-order valence-corrected chi connectivity index (χ3v) is 5.96. The molecule has 1 aliphatic carbocycles. The van der Waals surface area contributed by atoms with E-state index < -0.39 is 5.41 Å². The van der Waals surface area contributed by atoms with E-state index in [1.165, 1.54) is 6.26 Å². The van der Waals surface area contributed by atoms with Gasteiger partial charge in [0.15, 0.2) is 5.76 Å². The Kier molecular flexibility index (Phi) is 4.72. The van der Waals surface area contributed by atoms with E-state index in [0.29, 0.717) is 23.9 Å². The molecule has 0 spiro atoms. The van der Waals surface area contributed by atoms with Crippen molar-refractivity contribution in [3.05, 3.63) is 58.5 Å². The number of halogens is 1. The number of carbonyl (C=O) groups excluding carboxylic acids is 2. The van der Waals surface area contributed by atoms with Crippen molar-refractivity contribution in [2.24, 2.45) is 0 Å². The molecule has 2 heterocycles. The second-order valence-electron chi connectivity index (χ2n) is 7.57. The Balaban J connectivity index is 1.36. The van der Waals surface area contributed by atoms with Crippen LogP contribution >= 0.6 is 11.6 Å². The van der Waals surface area contributed by atoms with Crippen molar-refractivity contribution in [2.75, 3.05) is 13.1 Å². The van der Waals surface area contributed by atoms with Crippen LogP contribution in [0.25, 0.3) is 0 Å². The fraction of sp³-hybridized carbons (Fsp3) is 0.429. The maximum absolute atomic E-state index is 13.1. The van der Waals surface area contributed by atoms with Crippen LogP contribution in [-0.2, 0) is 10.2 Å². The van der Waals surface area contributed by atoms with Crippen LogP contribution in [0.5, 0.6) is 0 Å². The lowest BCUT2D eigenvalue weighted by atomic mass is 9.93. The Labute approximate surface area is 163 Å². The van der Waals surface area contributed by atoms with E-state index in [1.807, 2.05) is 36.1 Å². The maximum atomic E-state index is 13.1. The van der Waals surface area contributed by atoms with Gasteiger partial charge in [-0.3, -0.25) is 9.59 Å². The van der Waals surface area contributed by atoms with Gasteiger partial charge >= 0.3 is 0 Å². The molecule has 1 saturated carbocycles.